The first-order valence-electron chi connectivity index (χ1n) is 4.24. The number of hydrogen-bond donors (Lipinski definition) is 0. The zero-order valence-corrected chi connectivity index (χ0v) is 8.20. The van der Waals surface area contributed by atoms with Gasteiger partial charge in [-0.25, -0.2) is 0 Å². The Labute approximate surface area is 78.3 Å². The lowest BCUT2D eigenvalue weighted by molar-refractivity contribution is -0.104. The molecule has 2 heteroatoms. The Morgan fingerprint density at radius 3 is 2.54 bits per heavy atom. The molecule has 0 aliphatic carbocycles. The maximum absolute atomic E-state index is 10.5. The van der Waals surface area contributed by atoms with Crippen LogP contribution in [0.5, 0.6) is 0 Å². The lowest BCUT2D eigenvalue weighted by Crippen LogP contribution is -2.07. The Morgan fingerprint density at radius 1 is 1.46 bits per heavy atom. The minimum atomic E-state index is -0.0369. The first kappa shape index (κ1) is 9.78. The molecule has 1 aromatic rings. The Hall–Kier alpha value is -1.31. The number of allylic oxidation sites excluding steroid dienone is 2. The van der Waals surface area contributed by atoms with Crippen molar-refractivity contribution in [1.29, 1.82) is 0 Å². The Kier molecular flexibility index (Phi) is 2.71. The van der Waals surface area contributed by atoms with Crippen molar-refractivity contribution in [3.8, 4) is 0 Å². The van der Waals surface area contributed by atoms with Crippen LogP contribution in [0.2, 0.25) is 0 Å². The van der Waals surface area contributed by atoms with Crippen molar-refractivity contribution in [2.75, 3.05) is 0 Å². The van der Waals surface area contributed by atoms with Crippen molar-refractivity contribution in [2.45, 2.75) is 20.8 Å². The fourth-order valence-electron chi connectivity index (χ4n) is 1.27. The van der Waals surface area contributed by atoms with E-state index in [2.05, 4.69) is 20.8 Å². The van der Waals surface area contributed by atoms with Crippen molar-refractivity contribution in [3.05, 3.63) is 30.2 Å². The summed E-state index contributed by atoms with van der Waals surface area (Å²) in [5, 5.41) is 0. The van der Waals surface area contributed by atoms with Gasteiger partial charge >= 0.3 is 0 Å². The number of hydrogen-bond acceptors (Lipinski definition) is 2. The van der Waals surface area contributed by atoms with Crippen molar-refractivity contribution in [3.63, 3.8) is 0 Å². The summed E-state index contributed by atoms with van der Waals surface area (Å²) in [5.74, 6) is 0. The smallest absolute Gasteiger partial charge is 0.143 e. The Morgan fingerprint density at radius 2 is 2.15 bits per heavy atom. The molecule has 0 bridgehead atoms. The number of rotatable bonds is 2. The molecule has 0 aliphatic rings. The van der Waals surface area contributed by atoms with Gasteiger partial charge in [-0.15, -0.1) is 0 Å². The fraction of sp³-hybridized carbons (Fsp3) is 0.364. The Bertz CT molecular complexity index is 299. The van der Waals surface area contributed by atoms with E-state index >= 15 is 0 Å². The van der Waals surface area contributed by atoms with Crippen LogP contribution >= 0.6 is 0 Å². The molecule has 1 rings (SSSR count). The van der Waals surface area contributed by atoms with Gasteiger partial charge in [0.2, 0.25) is 0 Å². The van der Waals surface area contributed by atoms with Crippen LogP contribution in [0.3, 0.4) is 0 Å². The van der Waals surface area contributed by atoms with Crippen LogP contribution in [0.1, 0.15) is 26.3 Å². The number of aldehydes is 1. The molecule has 0 radical (unpaired) electrons. The minimum Gasteiger partial charge on any atom is -0.472 e. The quantitative estimate of drug-likeness (QED) is 0.515. The highest BCUT2D eigenvalue weighted by atomic mass is 16.3. The molecule has 0 unspecified atom stereocenters. The maximum Gasteiger partial charge on any atom is 0.143 e. The molecule has 0 aliphatic heterocycles. The normalized spacial score (nSPS) is 13.0. The highest BCUT2D eigenvalue weighted by molar-refractivity contribution is 5.83. The lowest BCUT2D eigenvalue weighted by Gasteiger charge is -2.21. The highest BCUT2D eigenvalue weighted by Crippen LogP contribution is 2.33. The van der Waals surface area contributed by atoms with Crippen molar-refractivity contribution in [1.82, 2.24) is 0 Å². The number of furan rings is 1. The third kappa shape index (κ3) is 2.31. The van der Waals surface area contributed by atoms with Gasteiger partial charge in [-0.2, -0.15) is 0 Å². The molecule has 0 atom stereocenters. The molecule has 0 fully saturated rings. The molecule has 0 amide bonds. The van der Waals surface area contributed by atoms with E-state index in [0.29, 0.717) is 0 Å². The van der Waals surface area contributed by atoms with Gasteiger partial charge in [0.15, 0.2) is 0 Å². The van der Waals surface area contributed by atoms with Crippen molar-refractivity contribution < 1.29 is 9.21 Å². The van der Waals surface area contributed by atoms with Gasteiger partial charge in [-0.1, -0.05) is 20.8 Å². The van der Waals surface area contributed by atoms with Gasteiger partial charge in [0.25, 0.3) is 0 Å². The van der Waals surface area contributed by atoms with E-state index in [-0.39, 0.29) is 5.41 Å². The standard InChI is InChI=1S/C11H14O2/c1-11(2,3)10(4-6-12)9-5-7-13-8-9/h4-8H,1-3H3/b10-4+. The summed E-state index contributed by atoms with van der Waals surface area (Å²) in [5.41, 5.74) is 1.93. The summed E-state index contributed by atoms with van der Waals surface area (Å²) in [7, 11) is 0. The van der Waals surface area contributed by atoms with Gasteiger partial charge in [0.1, 0.15) is 6.29 Å². The molecular weight excluding hydrogens is 164 g/mol. The van der Waals surface area contributed by atoms with E-state index < -0.39 is 0 Å². The predicted molar refractivity (Wildman–Crippen MR) is 52.2 cm³/mol. The predicted octanol–water partition coefficient (Wildman–Crippen LogP) is 2.91. The minimum absolute atomic E-state index is 0.0369. The molecule has 13 heavy (non-hydrogen) atoms. The molecule has 0 saturated carbocycles. The van der Waals surface area contributed by atoms with Crippen LogP contribution in [0, 0.1) is 5.41 Å². The Balaban J connectivity index is 3.09. The maximum atomic E-state index is 10.5. The molecule has 0 N–H and O–H groups in total. The molecule has 0 saturated heterocycles. The zero-order valence-electron chi connectivity index (χ0n) is 8.20. The molecule has 70 valence electrons. The van der Waals surface area contributed by atoms with Crippen LogP contribution in [0.15, 0.2) is 29.1 Å². The van der Waals surface area contributed by atoms with Crippen LogP contribution in [-0.2, 0) is 4.79 Å². The summed E-state index contributed by atoms with van der Waals surface area (Å²) in [6.45, 7) is 6.19. The summed E-state index contributed by atoms with van der Waals surface area (Å²) >= 11 is 0. The summed E-state index contributed by atoms with van der Waals surface area (Å²) < 4.78 is 4.98. The topological polar surface area (TPSA) is 30.2 Å². The van der Waals surface area contributed by atoms with Crippen LogP contribution in [0.4, 0.5) is 0 Å². The van der Waals surface area contributed by atoms with E-state index in [1.165, 1.54) is 0 Å². The van der Waals surface area contributed by atoms with Gasteiger partial charge < -0.3 is 4.42 Å². The molecule has 0 aromatic carbocycles. The molecule has 2 nitrogen and oxygen atoms in total. The largest absolute Gasteiger partial charge is 0.472 e. The van der Waals surface area contributed by atoms with Crippen LogP contribution in [0.25, 0.3) is 5.57 Å². The summed E-state index contributed by atoms with van der Waals surface area (Å²) in [6, 6.07) is 1.86. The van der Waals surface area contributed by atoms with Crippen molar-refractivity contribution >= 4 is 11.9 Å². The second kappa shape index (κ2) is 3.60. The molecule has 1 aromatic heterocycles. The molecule has 1 heterocycles. The lowest BCUT2D eigenvalue weighted by atomic mass is 9.83. The summed E-state index contributed by atoms with van der Waals surface area (Å²) in [4.78, 5) is 10.5. The average Bonchev–Trinajstić information content (AvgIpc) is 2.49. The van der Waals surface area contributed by atoms with Gasteiger partial charge in [-0.05, 0) is 23.1 Å². The highest BCUT2D eigenvalue weighted by Gasteiger charge is 2.18. The number of carbonyl (C=O) groups excluding carboxylic acids is 1. The average molecular weight is 178 g/mol. The van der Waals surface area contributed by atoms with E-state index in [4.69, 9.17) is 4.42 Å². The van der Waals surface area contributed by atoms with Crippen LogP contribution in [-0.4, -0.2) is 6.29 Å². The van der Waals surface area contributed by atoms with E-state index in [1.807, 2.05) is 6.07 Å². The van der Waals surface area contributed by atoms with E-state index in [0.717, 1.165) is 17.4 Å². The third-order valence-electron chi connectivity index (χ3n) is 1.87. The monoisotopic (exact) mass is 178 g/mol. The molecular formula is C11H14O2. The van der Waals surface area contributed by atoms with Crippen LogP contribution < -0.4 is 0 Å². The van der Waals surface area contributed by atoms with Gasteiger partial charge in [0, 0.05) is 5.56 Å². The SMILES string of the molecule is CC(C)(C)/C(=C/C=O)c1ccoc1. The second-order valence-electron chi connectivity index (χ2n) is 3.98. The van der Waals surface area contributed by atoms with E-state index in [9.17, 15) is 4.79 Å². The van der Waals surface area contributed by atoms with Gasteiger partial charge in [-0.3, -0.25) is 4.79 Å². The fourth-order valence-corrected chi connectivity index (χ4v) is 1.27. The zero-order chi connectivity index (χ0) is 9.90. The number of carbonyl (C=O) groups is 1. The first-order chi connectivity index (χ1) is 6.05. The van der Waals surface area contributed by atoms with Crippen molar-refractivity contribution in [2.24, 2.45) is 5.41 Å². The first-order valence-corrected chi connectivity index (χ1v) is 4.24. The van der Waals surface area contributed by atoms with E-state index in [1.54, 1.807) is 18.6 Å². The van der Waals surface area contributed by atoms with Gasteiger partial charge in [0.05, 0.1) is 12.5 Å². The second-order valence-corrected chi connectivity index (χ2v) is 3.98. The third-order valence-corrected chi connectivity index (χ3v) is 1.87. The summed E-state index contributed by atoms with van der Waals surface area (Å²) in [6.07, 6.45) is 5.67. The molecule has 0 spiro atoms.